The first kappa shape index (κ1) is 30.6. The molecule has 0 unspecified atom stereocenters. The number of Topliss-reactive ketones (excluding diaryl/α,β-unsaturated/α-hetero) is 1. The molecule has 0 saturated heterocycles. The van der Waals surface area contributed by atoms with E-state index in [1.165, 1.54) is 11.6 Å². The zero-order valence-electron chi connectivity index (χ0n) is 23.0. The van der Waals surface area contributed by atoms with Crippen molar-refractivity contribution in [1.29, 1.82) is 0 Å². The highest BCUT2D eigenvalue weighted by Gasteiger charge is 2.29. The van der Waals surface area contributed by atoms with Crippen LogP contribution >= 0.6 is 0 Å². The number of carbonyl (C=O) groups excluding carboxylic acids is 2. The molecule has 194 valence electrons. The van der Waals surface area contributed by atoms with E-state index in [0.717, 1.165) is 24.0 Å². The Kier molecular flexibility index (Phi) is 13.6. The molecule has 0 aromatic carbocycles. The van der Waals surface area contributed by atoms with E-state index >= 15 is 0 Å². The number of carbonyl (C=O) groups is 2. The lowest BCUT2D eigenvalue weighted by atomic mass is 9.83. The molecule has 0 radical (unpaired) electrons. The van der Waals surface area contributed by atoms with E-state index in [0.29, 0.717) is 12.3 Å². The molecule has 0 spiro atoms. The lowest BCUT2D eigenvalue weighted by Crippen LogP contribution is -2.34. The van der Waals surface area contributed by atoms with E-state index in [-0.39, 0.29) is 29.7 Å². The van der Waals surface area contributed by atoms with Gasteiger partial charge in [0.05, 0.1) is 6.10 Å². The molecule has 4 nitrogen and oxygen atoms in total. The van der Waals surface area contributed by atoms with Crippen LogP contribution in [0, 0.1) is 23.7 Å². The van der Waals surface area contributed by atoms with Crippen molar-refractivity contribution in [3.63, 3.8) is 0 Å². The van der Waals surface area contributed by atoms with Crippen molar-refractivity contribution in [2.24, 2.45) is 23.7 Å². The van der Waals surface area contributed by atoms with E-state index in [2.05, 4.69) is 38.2 Å². The van der Waals surface area contributed by atoms with Gasteiger partial charge in [0.25, 0.3) is 0 Å². The molecule has 0 amide bonds. The molecule has 1 heterocycles. The molecular weight excluding hydrogens is 436 g/mol. The molecule has 6 atom stereocenters. The van der Waals surface area contributed by atoms with Crippen LogP contribution in [0.15, 0.2) is 71.4 Å². The van der Waals surface area contributed by atoms with Gasteiger partial charge in [-0.25, -0.2) is 4.79 Å². The Bertz CT molecular complexity index is 884. The first-order chi connectivity index (χ1) is 16.4. The van der Waals surface area contributed by atoms with Crippen molar-refractivity contribution in [2.45, 2.75) is 86.9 Å². The average molecular weight is 483 g/mol. The molecule has 0 saturated carbocycles. The summed E-state index contributed by atoms with van der Waals surface area (Å²) in [4.78, 5) is 24.2. The number of aliphatic hydroxyl groups is 1. The number of ketones is 1. The van der Waals surface area contributed by atoms with Crippen molar-refractivity contribution in [3.8, 4) is 0 Å². The largest absolute Gasteiger partial charge is 0.455 e. The summed E-state index contributed by atoms with van der Waals surface area (Å²) in [5.74, 6) is -0.448. The third kappa shape index (κ3) is 11.7. The second kappa shape index (κ2) is 15.5. The number of cyclic esters (lactones) is 1. The van der Waals surface area contributed by atoms with Crippen molar-refractivity contribution >= 4 is 11.8 Å². The third-order valence-electron chi connectivity index (χ3n) is 6.54. The Hall–Kier alpha value is -2.46. The van der Waals surface area contributed by atoms with Gasteiger partial charge in [0.2, 0.25) is 0 Å². The fourth-order valence-electron chi connectivity index (χ4n) is 4.31. The SMILES string of the molecule is C/C=C(\C)C[C@@H](C)[C@H](O)[C@H](C)C(=O)[C@@H](C)/C=C(C)/C=C/C[C@H](C)/C=C(C)\C=C\[C@H]1CC=CC(=O)O1. The Morgan fingerprint density at radius 1 is 1.11 bits per heavy atom. The number of hydrogen-bond donors (Lipinski definition) is 1. The summed E-state index contributed by atoms with van der Waals surface area (Å²) in [5.41, 5.74) is 3.41. The second-order valence-corrected chi connectivity index (χ2v) is 10.2. The Morgan fingerprint density at radius 2 is 1.77 bits per heavy atom. The van der Waals surface area contributed by atoms with Crippen LogP contribution in [0.5, 0.6) is 0 Å². The first-order valence-electron chi connectivity index (χ1n) is 12.9. The number of ether oxygens (including phenoxy) is 1. The van der Waals surface area contributed by atoms with Gasteiger partial charge in [0.15, 0.2) is 0 Å². The first-order valence-corrected chi connectivity index (χ1v) is 12.9. The molecule has 0 fully saturated rings. The fourth-order valence-corrected chi connectivity index (χ4v) is 4.31. The maximum Gasteiger partial charge on any atom is 0.331 e. The van der Waals surface area contributed by atoms with Gasteiger partial charge in [-0.05, 0) is 58.4 Å². The molecule has 0 aliphatic carbocycles. The smallest absolute Gasteiger partial charge is 0.331 e. The third-order valence-corrected chi connectivity index (χ3v) is 6.54. The molecule has 0 aromatic rings. The van der Waals surface area contributed by atoms with Crippen LogP contribution in [0.1, 0.15) is 74.7 Å². The van der Waals surface area contributed by atoms with Crippen LogP contribution in [0.2, 0.25) is 0 Å². The zero-order chi connectivity index (χ0) is 26.5. The number of allylic oxidation sites excluding steroid dienone is 9. The molecular formula is C31H46O4. The van der Waals surface area contributed by atoms with Gasteiger partial charge in [-0.3, -0.25) is 4.79 Å². The molecule has 4 heteroatoms. The molecule has 0 aromatic heterocycles. The van der Waals surface area contributed by atoms with Crippen molar-refractivity contribution in [3.05, 3.63) is 71.4 Å². The average Bonchev–Trinajstić information content (AvgIpc) is 2.81. The predicted octanol–water partition coefficient (Wildman–Crippen LogP) is 7.08. The van der Waals surface area contributed by atoms with Crippen LogP contribution in [-0.2, 0) is 14.3 Å². The lowest BCUT2D eigenvalue weighted by Gasteiger charge is -2.25. The number of rotatable bonds is 13. The minimum absolute atomic E-state index is 0.0460. The fraction of sp³-hybridized carbons (Fsp3) is 0.548. The topological polar surface area (TPSA) is 63.6 Å². The quantitative estimate of drug-likeness (QED) is 0.173. The summed E-state index contributed by atoms with van der Waals surface area (Å²) in [6, 6.07) is 0. The highest BCUT2D eigenvalue weighted by atomic mass is 16.5. The van der Waals surface area contributed by atoms with Crippen molar-refractivity contribution < 1.29 is 19.4 Å². The second-order valence-electron chi connectivity index (χ2n) is 10.2. The molecule has 35 heavy (non-hydrogen) atoms. The van der Waals surface area contributed by atoms with Crippen LogP contribution in [0.4, 0.5) is 0 Å². The maximum atomic E-state index is 12.9. The Balaban J connectivity index is 2.59. The van der Waals surface area contributed by atoms with E-state index in [1.54, 1.807) is 0 Å². The van der Waals surface area contributed by atoms with E-state index in [1.807, 2.05) is 65.8 Å². The minimum atomic E-state index is -0.643. The van der Waals surface area contributed by atoms with Gasteiger partial charge in [-0.1, -0.05) is 86.9 Å². The molecule has 0 bridgehead atoms. The standard InChI is InChI=1S/C31H46O4/c1-9-21(2)19-25(6)30(33)27(8)31(34)26(7)20-23(4)13-10-12-22(3)18-24(5)16-17-28-14-11-15-29(32)35-28/h9-11,13,15-18,20,22,25-28,30,33H,12,14,19H2,1-8H3/b13-10+,17-16+,21-9+,23-20+,24-18-/t22-,25+,26-,27-,28+,30-/m0/s1. The van der Waals surface area contributed by atoms with Gasteiger partial charge >= 0.3 is 5.97 Å². The summed E-state index contributed by atoms with van der Waals surface area (Å²) in [7, 11) is 0. The summed E-state index contributed by atoms with van der Waals surface area (Å²) in [5, 5.41) is 10.7. The van der Waals surface area contributed by atoms with Gasteiger partial charge in [0, 0.05) is 24.3 Å². The Labute approximate surface area is 213 Å². The lowest BCUT2D eigenvalue weighted by molar-refractivity contribution is -0.141. The highest BCUT2D eigenvalue weighted by Crippen LogP contribution is 2.24. The van der Waals surface area contributed by atoms with Crippen molar-refractivity contribution in [1.82, 2.24) is 0 Å². The number of aliphatic hydroxyl groups excluding tert-OH is 1. The van der Waals surface area contributed by atoms with Crippen molar-refractivity contribution in [2.75, 3.05) is 0 Å². The summed E-state index contributed by atoms with van der Waals surface area (Å²) >= 11 is 0. The molecule has 1 aliphatic rings. The van der Waals surface area contributed by atoms with Gasteiger partial charge < -0.3 is 9.84 Å². The normalized spacial score (nSPS) is 22.3. The van der Waals surface area contributed by atoms with Gasteiger partial charge in [0.1, 0.15) is 11.9 Å². The van der Waals surface area contributed by atoms with E-state index in [4.69, 9.17) is 4.74 Å². The zero-order valence-corrected chi connectivity index (χ0v) is 23.0. The van der Waals surface area contributed by atoms with Crippen LogP contribution in [0.25, 0.3) is 0 Å². The number of hydrogen-bond acceptors (Lipinski definition) is 4. The predicted molar refractivity (Wildman–Crippen MR) is 146 cm³/mol. The van der Waals surface area contributed by atoms with Crippen LogP contribution < -0.4 is 0 Å². The maximum absolute atomic E-state index is 12.9. The highest BCUT2D eigenvalue weighted by molar-refractivity contribution is 5.85. The summed E-state index contributed by atoms with van der Waals surface area (Å²) < 4.78 is 5.24. The molecule has 1 N–H and O–H groups in total. The van der Waals surface area contributed by atoms with Gasteiger partial charge in [-0.15, -0.1) is 0 Å². The van der Waals surface area contributed by atoms with Crippen LogP contribution in [0.3, 0.4) is 0 Å². The van der Waals surface area contributed by atoms with E-state index < -0.39 is 12.0 Å². The van der Waals surface area contributed by atoms with Crippen LogP contribution in [-0.4, -0.2) is 29.1 Å². The Morgan fingerprint density at radius 3 is 2.40 bits per heavy atom. The molecule has 1 rings (SSSR count). The number of esters is 1. The molecule has 1 aliphatic heterocycles. The monoisotopic (exact) mass is 482 g/mol. The summed E-state index contributed by atoms with van der Waals surface area (Å²) in [6.45, 7) is 16.0. The summed E-state index contributed by atoms with van der Waals surface area (Å²) in [6.07, 6.45) is 19.2. The minimum Gasteiger partial charge on any atom is -0.455 e. The van der Waals surface area contributed by atoms with E-state index in [9.17, 15) is 14.7 Å². The van der Waals surface area contributed by atoms with Gasteiger partial charge in [-0.2, -0.15) is 0 Å².